The molecule has 0 amide bonds. The van der Waals surface area contributed by atoms with Crippen LogP contribution >= 0.6 is 0 Å². The Balaban J connectivity index is 1.73. The van der Waals surface area contributed by atoms with Crippen LogP contribution in [0.5, 0.6) is 17.4 Å². The van der Waals surface area contributed by atoms with Crippen molar-refractivity contribution in [3.05, 3.63) is 54.2 Å². The van der Waals surface area contributed by atoms with Crippen molar-refractivity contribution in [3.63, 3.8) is 0 Å². The summed E-state index contributed by atoms with van der Waals surface area (Å²) in [5.74, 6) is -0.930. The second-order valence-corrected chi connectivity index (χ2v) is 4.83. The van der Waals surface area contributed by atoms with Crippen molar-refractivity contribution in [3.8, 4) is 28.5 Å². The molecular weight excluding hydrogens is 336 g/mol. The van der Waals surface area contributed by atoms with Gasteiger partial charge in [-0.2, -0.15) is 8.78 Å². The van der Waals surface area contributed by atoms with Crippen molar-refractivity contribution >= 4 is 5.97 Å². The first kappa shape index (κ1) is 16.4. The first-order chi connectivity index (χ1) is 12.0. The molecule has 2 N–H and O–H groups in total. The topological polar surface area (TPSA) is 97.3 Å². The molecule has 0 saturated heterocycles. The highest BCUT2D eigenvalue weighted by molar-refractivity contribution is 5.87. The highest BCUT2D eigenvalue weighted by Gasteiger charge is 2.16. The summed E-state index contributed by atoms with van der Waals surface area (Å²) in [6.07, 6.45) is 0. The lowest BCUT2D eigenvalue weighted by Gasteiger charge is -2.07. The van der Waals surface area contributed by atoms with E-state index in [1.165, 1.54) is 12.1 Å². The lowest BCUT2D eigenvalue weighted by atomic mass is 10.1. The summed E-state index contributed by atoms with van der Waals surface area (Å²) in [5, 5.41) is 18.1. The second-order valence-electron chi connectivity index (χ2n) is 4.83. The average molecular weight is 347 g/mol. The molecule has 0 fully saturated rings. The molecule has 0 bridgehead atoms. The fraction of sp³-hybridized carbons (Fsp3) is 0.0625. The van der Waals surface area contributed by atoms with Crippen LogP contribution in [0.4, 0.5) is 8.78 Å². The zero-order valence-corrected chi connectivity index (χ0v) is 12.5. The number of aromatic nitrogens is 3. The van der Waals surface area contributed by atoms with Gasteiger partial charge in [0.25, 0.3) is 5.88 Å². The number of aromatic carboxylic acids is 1. The standard InChI is InChI=1S/C16H11F2N3O4/c17-16(18)25-12-7-3-10(4-8-12)9-1-5-11(6-2-9)24-14-13(15(22)23)19-21-20-14/h1-8,16H,(H,22,23)(H,19,20,21). The van der Waals surface area contributed by atoms with E-state index in [1.807, 2.05) is 0 Å². The van der Waals surface area contributed by atoms with Gasteiger partial charge in [0, 0.05) is 0 Å². The number of benzene rings is 2. The molecular formula is C16H11F2N3O4. The molecule has 3 aromatic rings. The van der Waals surface area contributed by atoms with Crippen molar-refractivity contribution in [1.29, 1.82) is 0 Å². The van der Waals surface area contributed by atoms with Gasteiger partial charge in [-0.1, -0.05) is 34.6 Å². The van der Waals surface area contributed by atoms with E-state index in [9.17, 15) is 13.6 Å². The van der Waals surface area contributed by atoms with Gasteiger partial charge in [-0.05, 0) is 35.4 Å². The Morgan fingerprint density at radius 3 is 2.08 bits per heavy atom. The maximum atomic E-state index is 12.1. The first-order valence-corrected chi connectivity index (χ1v) is 7.00. The number of halogens is 2. The molecule has 0 radical (unpaired) electrons. The molecule has 25 heavy (non-hydrogen) atoms. The molecule has 2 aromatic carbocycles. The number of alkyl halides is 2. The van der Waals surface area contributed by atoms with Gasteiger partial charge in [0.1, 0.15) is 11.5 Å². The van der Waals surface area contributed by atoms with Crippen LogP contribution in [-0.4, -0.2) is 33.1 Å². The number of ether oxygens (including phenoxy) is 2. The Morgan fingerprint density at radius 2 is 1.56 bits per heavy atom. The Hall–Kier alpha value is -3.49. The first-order valence-electron chi connectivity index (χ1n) is 7.00. The highest BCUT2D eigenvalue weighted by Crippen LogP contribution is 2.27. The minimum Gasteiger partial charge on any atom is -0.476 e. The van der Waals surface area contributed by atoms with Crippen LogP contribution in [-0.2, 0) is 0 Å². The summed E-state index contributed by atoms with van der Waals surface area (Å²) >= 11 is 0. The number of H-pyrrole nitrogens is 1. The second kappa shape index (κ2) is 6.95. The number of hydrogen-bond acceptors (Lipinski definition) is 5. The molecule has 9 heteroatoms. The third kappa shape index (κ3) is 3.89. The van der Waals surface area contributed by atoms with E-state index in [0.29, 0.717) is 5.75 Å². The number of carboxylic acid groups (broad SMARTS) is 1. The number of carboxylic acids is 1. The largest absolute Gasteiger partial charge is 0.476 e. The van der Waals surface area contributed by atoms with Gasteiger partial charge >= 0.3 is 12.6 Å². The molecule has 0 spiro atoms. The number of carbonyl (C=O) groups is 1. The van der Waals surface area contributed by atoms with Gasteiger partial charge in [-0.3, -0.25) is 0 Å². The molecule has 0 atom stereocenters. The van der Waals surface area contributed by atoms with Crippen LogP contribution in [0.15, 0.2) is 48.5 Å². The molecule has 0 unspecified atom stereocenters. The minimum atomic E-state index is -2.87. The smallest absolute Gasteiger partial charge is 0.387 e. The summed E-state index contributed by atoms with van der Waals surface area (Å²) in [6, 6.07) is 12.9. The predicted octanol–water partition coefficient (Wildman–Crippen LogP) is 3.56. The van der Waals surface area contributed by atoms with Crippen LogP contribution in [0.1, 0.15) is 10.5 Å². The van der Waals surface area contributed by atoms with Gasteiger partial charge < -0.3 is 14.6 Å². The fourth-order valence-corrected chi connectivity index (χ4v) is 2.08. The average Bonchev–Trinajstić information content (AvgIpc) is 3.04. The maximum Gasteiger partial charge on any atom is 0.387 e. The third-order valence-corrected chi connectivity index (χ3v) is 3.21. The number of hydrogen-bond donors (Lipinski definition) is 2. The lowest BCUT2D eigenvalue weighted by molar-refractivity contribution is -0.0498. The van der Waals surface area contributed by atoms with Crippen molar-refractivity contribution in [2.24, 2.45) is 0 Å². The van der Waals surface area contributed by atoms with E-state index in [0.717, 1.165) is 11.1 Å². The SMILES string of the molecule is O=C(O)c1[nH]nnc1Oc1ccc(-c2ccc(OC(F)F)cc2)cc1. The van der Waals surface area contributed by atoms with Crippen molar-refractivity contribution in [1.82, 2.24) is 15.4 Å². The third-order valence-electron chi connectivity index (χ3n) is 3.21. The molecule has 128 valence electrons. The van der Waals surface area contributed by atoms with Gasteiger partial charge in [0.2, 0.25) is 5.69 Å². The molecule has 0 aliphatic heterocycles. The monoisotopic (exact) mass is 347 g/mol. The van der Waals surface area contributed by atoms with E-state index in [-0.39, 0.29) is 17.3 Å². The Labute approximate surface area is 139 Å². The number of nitrogens with one attached hydrogen (secondary N) is 1. The molecule has 0 saturated carbocycles. The lowest BCUT2D eigenvalue weighted by Crippen LogP contribution is -2.01. The van der Waals surface area contributed by atoms with Crippen LogP contribution in [0.3, 0.4) is 0 Å². The summed E-state index contributed by atoms with van der Waals surface area (Å²) in [6.45, 7) is -2.87. The van der Waals surface area contributed by atoms with Crippen LogP contribution in [0.25, 0.3) is 11.1 Å². The van der Waals surface area contributed by atoms with Crippen molar-refractivity contribution < 1.29 is 28.2 Å². The molecule has 7 nitrogen and oxygen atoms in total. The number of aromatic amines is 1. The van der Waals surface area contributed by atoms with E-state index in [4.69, 9.17) is 9.84 Å². The Bertz CT molecular complexity index is 864. The number of rotatable bonds is 6. The maximum absolute atomic E-state index is 12.1. The summed E-state index contributed by atoms with van der Waals surface area (Å²) < 4.78 is 33.9. The normalized spacial score (nSPS) is 10.7. The number of nitrogens with zero attached hydrogens (tertiary/aromatic N) is 2. The molecule has 1 heterocycles. The van der Waals surface area contributed by atoms with Gasteiger partial charge in [0.05, 0.1) is 0 Å². The van der Waals surface area contributed by atoms with Crippen molar-refractivity contribution in [2.45, 2.75) is 6.61 Å². The van der Waals surface area contributed by atoms with E-state index >= 15 is 0 Å². The van der Waals surface area contributed by atoms with Gasteiger partial charge in [-0.25, -0.2) is 9.89 Å². The van der Waals surface area contributed by atoms with E-state index in [2.05, 4.69) is 20.1 Å². The summed E-state index contributed by atoms with van der Waals surface area (Å²) in [5.41, 5.74) is 1.36. The quantitative estimate of drug-likeness (QED) is 0.707. The van der Waals surface area contributed by atoms with E-state index in [1.54, 1.807) is 36.4 Å². The fourth-order valence-electron chi connectivity index (χ4n) is 2.08. The minimum absolute atomic E-state index is 0.0749. The molecule has 3 rings (SSSR count). The predicted molar refractivity (Wildman–Crippen MR) is 81.9 cm³/mol. The zero-order valence-electron chi connectivity index (χ0n) is 12.5. The molecule has 0 aliphatic carbocycles. The van der Waals surface area contributed by atoms with Crippen molar-refractivity contribution in [2.75, 3.05) is 0 Å². The van der Waals surface area contributed by atoms with E-state index < -0.39 is 12.6 Å². The zero-order chi connectivity index (χ0) is 17.8. The molecule has 0 aliphatic rings. The summed E-state index contributed by atoms with van der Waals surface area (Å²) in [4.78, 5) is 11.0. The molecule has 1 aromatic heterocycles. The van der Waals surface area contributed by atoms with Gasteiger partial charge in [0.15, 0.2) is 0 Å². The van der Waals surface area contributed by atoms with Crippen LogP contribution in [0.2, 0.25) is 0 Å². The van der Waals surface area contributed by atoms with Crippen LogP contribution in [0, 0.1) is 0 Å². The Morgan fingerprint density at radius 1 is 1.00 bits per heavy atom. The highest BCUT2D eigenvalue weighted by atomic mass is 19.3. The summed E-state index contributed by atoms with van der Waals surface area (Å²) in [7, 11) is 0. The Kier molecular flexibility index (Phi) is 4.55. The van der Waals surface area contributed by atoms with Gasteiger partial charge in [-0.15, -0.1) is 0 Å². The van der Waals surface area contributed by atoms with Crippen LogP contribution < -0.4 is 9.47 Å².